The van der Waals surface area contributed by atoms with Crippen molar-refractivity contribution in [1.82, 2.24) is 0 Å². The van der Waals surface area contributed by atoms with Crippen molar-refractivity contribution in [3.63, 3.8) is 0 Å². The number of hydrogen-bond donors (Lipinski definition) is 2. The van der Waals surface area contributed by atoms with E-state index in [2.05, 4.69) is 11.9 Å². The molecule has 0 unspecified atom stereocenters. The van der Waals surface area contributed by atoms with Crippen LogP contribution in [0.5, 0.6) is 0 Å². The molecule has 0 aromatic heterocycles. The smallest absolute Gasteiger partial charge is 0.0672 e. The zero-order chi connectivity index (χ0) is 12.8. The van der Waals surface area contributed by atoms with Crippen molar-refractivity contribution in [2.45, 2.75) is 6.92 Å². The molecule has 0 amide bonds. The fourth-order valence-corrected chi connectivity index (χ4v) is 1.56. The second-order valence-corrected chi connectivity index (χ2v) is 4.60. The molecule has 3 N–H and O–H groups in total. The molecule has 0 aliphatic rings. The van der Waals surface area contributed by atoms with E-state index in [-0.39, 0.29) is 0 Å². The highest BCUT2D eigenvalue weighted by molar-refractivity contribution is 6.42. The highest BCUT2D eigenvalue weighted by atomic mass is 35.5. The van der Waals surface area contributed by atoms with Crippen LogP contribution in [0.4, 0.5) is 11.4 Å². The first-order chi connectivity index (χ1) is 8.00. The monoisotopic (exact) mass is 274 g/mol. The SMILES string of the molecule is C=C(C)COCCNc1cc(Cl)c(Cl)cc1N. The lowest BCUT2D eigenvalue weighted by atomic mass is 10.2. The van der Waals surface area contributed by atoms with Gasteiger partial charge in [-0.3, -0.25) is 0 Å². The van der Waals surface area contributed by atoms with E-state index in [1.54, 1.807) is 12.1 Å². The Hall–Kier alpha value is -0.900. The van der Waals surface area contributed by atoms with Crippen LogP contribution in [0.3, 0.4) is 0 Å². The lowest BCUT2D eigenvalue weighted by molar-refractivity contribution is 0.167. The van der Waals surface area contributed by atoms with Gasteiger partial charge in [-0.1, -0.05) is 35.4 Å². The molecule has 94 valence electrons. The molecule has 0 atom stereocenters. The van der Waals surface area contributed by atoms with Crippen LogP contribution >= 0.6 is 23.2 Å². The van der Waals surface area contributed by atoms with E-state index in [0.29, 0.717) is 35.5 Å². The molecule has 0 radical (unpaired) electrons. The van der Waals surface area contributed by atoms with Crippen molar-refractivity contribution in [2.24, 2.45) is 0 Å². The van der Waals surface area contributed by atoms with Gasteiger partial charge in [0, 0.05) is 6.54 Å². The molecule has 0 fully saturated rings. The lowest BCUT2D eigenvalue weighted by Crippen LogP contribution is -2.11. The summed E-state index contributed by atoms with van der Waals surface area (Å²) in [5.74, 6) is 0. The van der Waals surface area contributed by atoms with Gasteiger partial charge in [0.15, 0.2) is 0 Å². The van der Waals surface area contributed by atoms with Crippen molar-refractivity contribution in [3.8, 4) is 0 Å². The zero-order valence-electron chi connectivity index (χ0n) is 9.72. The summed E-state index contributed by atoms with van der Waals surface area (Å²) in [6, 6.07) is 3.33. The molecule has 0 bridgehead atoms. The highest BCUT2D eigenvalue weighted by Gasteiger charge is 2.04. The molecule has 5 heteroatoms. The minimum absolute atomic E-state index is 0.452. The molecule has 17 heavy (non-hydrogen) atoms. The molecule has 1 aromatic carbocycles. The number of hydrogen-bond acceptors (Lipinski definition) is 3. The number of halogens is 2. The zero-order valence-corrected chi connectivity index (χ0v) is 11.2. The topological polar surface area (TPSA) is 47.3 Å². The summed E-state index contributed by atoms with van der Waals surface area (Å²) in [5.41, 5.74) is 8.12. The van der Waals surface area contributed by atoms with Crippen LogP contribution in [0, 0.1) is 0 Å². The van der Waals surface area contributed by atoms with Crippen molar-refractivity contribution in [2.75, 3.05) is 30.8 Å². The van der Waals surface area contributed by atoms with E-state index in [1.807, 2.05) is 6.92 Å². The Bertz CT molecular complexity index is 408. The van der Waals surface area contributed by atoms with Gasteiger partial charge in [0.05, 0.1) is 34.6 Å². The molecule has 0 saturated heterocycles. The lowest BCUT2D eigenvalue weighted by Gasteiger charge is -2.11. The van der Waals surface area contributed by atoms with Crippen LogP contribution in [0.15, 0.2) is 24.3 Å². The summed E-state index contributed by atoms with van der Waals surface area (Å²) >= 11 is 11.7. The van der Waals surface area contributed by atoms with Crippen LogP contribution in [0.25, 0.3) is 0 Å². The van der Waals surface area contributed by atoms with Crippen molar-refractivity contribution in [1.29, 1.82) is 0 Å². The fourth-order valence-electron chi connectivity index (χ4n) is 1.22. The maximum atomic E-state index is 5.90. The van der Waals surface area contributed by atoms with Crippen LogP contribution in [0.1, 0.15) is 6.92 Å². The summed E-state index contributed by atoms with van der Waals surface area (Å²) in [4.78, 5) is 0. The summed E-state index contributed by atoms with van der Waals surface area (Å²) in [6.45, 7) is 7.46. The molecule has 0 spiro atoms. The van der Waals surface area contributed by atoms with Crippen LogP contribution in [-0.2, 0) is 4.74 Å². The van der Waals surface area contributed by atoms with E-state index < -0.39 is 0 Å². The summed E-state index contributed by atoms with van der Waals surface area (Å²) in [5, 5.41) is 4.06. The molecular formula is C12H16Cl2N2O. The van der Waals surface area contributed by atoms with Crippen molar-refractivity contribution >= 4 is 34.6 Å². The summed E-state index contributed by atoms with van der Waals surface area (Å²) in [6.07, 6.45) is 0. The maximum Gasteiger partial charge on any atom is 0.0672 e. The van der Waals surface area contributed by atoms with E-state index in [9.17, 15) is 0 Å². The van der Waals surface area contributed by atoms with Gasteiger partial charge in [-0.25, -0.2) is 0 Å². The minimum atomic E-state index is 0.452. The number of nitrogens with two attached hydrogens (primary N) is 1. The van der Waals surface area contributed by atoms with Gasteiger partial charge < -0.3 is 15.8 Å². The molecule has 0 saturated carbocycles. The third-order valence-electron chi connectivity index (χ3n) is 2.00. The number of anilines is 2. The minimum Gasteiger partial charge on any atom is -0.397 e. The van der Waals surface area contributed by atoms with Crippen LogP contribution < -0.4 is 11.1 Å². The summed E-state index contributed by atoms with van der Waals surface area (Å²) in [7, 11) is 0. The van der Waals surface area contributed by atoms with Gasteiger partial charge in [0.1, 0.15) is 0 Å². The predicted molar refractivity (Wildman–Crippen MR) is 75.0 cm³/mol. The second kappa shape index (κ2) is 6.74. The van der Waals surface area contributed by atoms with E-state index in [1.165, 1.54) is 0 Å². The molecule has 0 aliphatic heterocycles. The number of nitrogens with one attached hydrogen (secondary N) is 1. The standard InChI is InChI=1S/C12H16Cl2N2O/c1-8(2)7-17-4-3-16-12-6-10(14)9(13)5-11(12)15/h5-6,16H,1,3-4,7,15H2,2H3. The van der Waals surface area contributed by atoms with Crippen molar-refractivity contribution in [3.05, 3.63) is 34.3 Å². The Balaban J connectivity index is 2.41. The Labute approximate surface area is 112 Å². The number of benzene rings is 1. The molecule has 1 rings (SSSR count). The molecule has 0 aliphatic carbocycles. The molecule has 3 nitrogen and oxygen atoms in total. The molecule has 0 heterocycles. The fraction of sp³-hybridized carbons (Fsp3) is 0.333. The average molecular weight is 275 g/mol. The van der Waals surface area contributed by atoms with Gasteiger partial charge in [0.2, 0.25) is 0 Å². The maximum absolute atomic E-state index is 5.90. The molecule has 1 aromatic rings. The van der Waals surface area contributed by atoms with Gasteiger partial charge in [0.25, 0.3) is 0 Å². The van der Waals surface area contributed by atoms with Gasteiger partial charge in [-0.05, 0) is 19.1 Å². The Morgan fingerprint density at radius 3 is 2.71 bits per heavy atom. The van der Waals surface area contributed by atoms with Crippen molar-refractivity contribution < 1.29 is 4.74 Å². The summed E-state index contributed by atoms with van der Waals surface area (Å²) < 4.78 is 5.35. The quantitative estimate of drug-likeness (QED) is 0.474. The van der Waals surface area contributed by atoms with Gasteiger partial charge in [-0.15, -0.1) is 0 Å². The van der Waals surface area contributed by atoms with E-state index >= 15 is 0 Å². The number of rotatable bonds is 6. The predicted octanol–water partition coefficient (Wildman–Crippen LogP) is 3.58. The van der Waals surface area contributed by atoms with Crippen LogP contribution in [0.2, 0.25) is 10.0 Å². The third-order valence-corrected chi connectivity index (χ3v) is 2.72. The van der Waals surface area contributed by atoms with E-state index in [0.717, 1.165) is 11.3 Å². The normalized spacial score (nSPS) is 10.3. The molecular weight excluding hydrogens is 259 g/mol. The highest BCUT2D eigenvalue weighted by Crippen LogP contribution is 2.30. The first-order valence-electron chi connectivity index (χ1n) is 5.21. The second-order valence-electron chi connectivity index (χ2n) is 3.79. The first-order valence-corrected chi connectivity index (χ1v) is 5.97. The Morgan fingerprint density at radius 2 is 2.06 bits per heavy atom. The van der Waals surface area contributed by atoms with Crippen LogP contribution in [-0.4, -0.2) is 19.8 Å². The number of nitrogen functional groups attached to an aromatic ring is 1. The third kappa shape index (κ3) is 4.86. The average Bonchev–Trinajstić information content (AvgIpc) is 2.24. The van der Waals surface area contributed by atoms with Gasteiger partial charge >= 0.3 is 0 Å². The first kappa shape index (κ1) is 14.2. The number of ether oxygens (including phenoxy) is 1. The Kier molecular flexibility index (Phi) is 5.62. The Morgan fingerprint density at radius 1 is 1.41 bits per heavy atom. The van der Waals surface area contributed by atoms with Gasteiger partial charge in [-0.2, -0.15) is 0 Å². The van der Waals surface area contributed by atoms with E-state index in [4.69, 9.17) is 33.7 Å². The largest absolute Gasteiger partial charge is 0.397 e.